The Labute approximate surface area is 122 Å². The van der Waals surface area contributed by atoms with Gasteiger partial charge in [0.05, 0.1) is 0 Å². The van der Waals surface area contributed by atoms with Crippen LogP contribution in [0.4, 0.5) is 0 Å². The molecule has 4 heteroatoms. The molecule has 2 rings (SSSR count). The zero-order valence-corrected chi connectivity index (χ0v) is 12.9. The third kappa shape index (κ3) is 3.81. The third-order valence-corrected chi connectivity index (χ3v) is 4.69. The van der Waals surface area contributed by atoms with Gasteiger partial charge in [-0.25, -0.2) is 0 Å². The van der Waals surface area contributed by atoms with Crippen molar-refractivity contribution in [2.45, 2.75) is 64.8 Å². The van der Waals surface area contributed by atoms with Gasteiger partial charge in [0.15, 0.2) is 0 Å². The Morgan fingerprint density at radius 1 is 1.20 bits per heavy atom. The van der Waals surface area contributed by atoms with E-state index in [0.29, 0.717) is 31.3 Å². The monoisotopic (exact) mass is 280 g/mol. The second-order valence-electron chi connectivity index (χ2n) is 6.49. The number of hydrogen-bond donors (Lipinski definition) is 1. The van der Waals surface area contributed by atoms with Crippen molar-refractivity contribution in [3.63, 3.8) is 0 Å². The van der Waals surface area contributed by atoms with Gasteiger partial charge in [-0.15, -0.1) is 0 Å². The fraction of sp³-hybridized carbons (Fsp3) is 0.875. The Kier molecular flexibility index (Phi) is 5.58. The number of likely N-dealkylation sites (tertiary alicyclic amines) is 1. The summed E-state index contributed by atoms with van der Waals surface area (Å²) in [5.41, 5.74) is 0. The number of nitrogens with one attached hydrogen (secondary N) is 1. The highest BCUT2D eigenvalue weighted by molar-refractivity contribution is 5.97. The molecule has 2 atom stereocenters. The molecule has 1 saturated heterocycles. The van der Waals surface area contributed by atoms with Gasteiger partial charge in [-0.2, -0.15) is 0 Å². The summed E-state index contributed by atoms with van der Waals surface area (Å²) < 4.78 is 0. The van der Waals surface area contributed by atoms with Gasteiger partial charge < -0.3 is 5.32 Å². The van der Waals surface area contributed by atoms with E-state index in [9.17, 15) is 9.59 Å². The van der Waals surface area contributed by atoms with Crippen LogP contribution in [-0.4, -0.2) is 35.8 Å². The van der Waals surface area contributed by atoms with Crippen LogP contribution in [0.15, 0.2) is 0 Å². The van der Waals surface area contributed by atoms with E-state index in [0.717, 1.165) is 19.4 Å². The standard InChI is InChI=1S/C16H28N2O2/c1-3-8-17-14-6-4-5-13(14)7-9-18-15(19)10-12(2)11-16(18)20/h12-14,17H,3-11H2,1-2H3. The third-order valence-electron chi connectivity index (χ3n) is 4.69. The van der Waals surface area contributed by atoms with Gasteiger partial charge in [-0.05, 0) is 44.1 Å². The molecule has 1 aliphatic heterocycles. The molecule has 0 aromatic carbocycles. The van der Waals surface area contributed by atoms with Crippen LogP contribution in [0.3, 0.4) is 0 Å². The van der Waals surface area contributed by atoms with Crippen LogP contribution < -0.4 is 5.32 Å². The Morgan fingerprint density at radius 2 is 1.90 bits per heavy atom. The van der Waals surface area contributed by atoms with E-state index in [-0.39, 0.29) is 17.7 Å². The van der Waals surface area contributed by atoms with Crippen molar-refractivity contribution in [1.29, 1.82) is 0 Å². The van der Waals surface area contributed by atoms with Gasteiger partial charge in [-0.1, -0.05) is 20.3 Å². The fourth-order valence-electron chi connectivity index (χ4n) is 3.55. The molecule has 0 aromatic heterocycles. The number of imide groups is 1. The van der Waals surface area contributed by atoms with Crippen LogP contribution >= 0.6 is 0 Å². The number of carbonyl (C=O) groups excluding carboxylic acids is 2. The Hall–Kier alpha value is -0.900. The summed E-state index contributed by atoms with van der Waals surface area (Å²) in [5, 5.41) is 3.61. The molecule has 1 saturated carbocycles. The molecule has 0 radical (unpaired) electrons. The first kappa shape index (κ1) is 15.5. The number of piperidine rings is 1. The largest absolute Gasteiger partial charge is 0.314 e. The van der Waals surface area contributed by atoms with Crippen LogP contribution in [-0.2, 0) is 9.59 Å². The highest BCUT2D eigenvalue weighted by atomic mass is 16.2. The molecule has 0 aromatic rings. The summed E-state index contributed by atoms with van der Waals surface area (Å²) in [6.07, 6.45) is 6.93. The number of rotatable bonds is 6. The van der Waals surface area contributed by atoms with Crippen LogP contribution in [0.2, 0.25) is 0 Å². The van der Waals surface area contributed by atoms with E-state index >= 15 is 0 Å². The first-order valence-electron chi connectivity index (χ1n) is 8.18. The zero-order chi connectivity index (χ0) is 14.5. The minimum Gasteiger partial charge on any atom is -0.314 e. The summed E-state index contributed by atoms with van der Waals surface area (Å²) in [6, 6.07) is 0.587. The normalized spacial score (nSPS) is 28.4. The quantitative estimate of drug-likeness (QED) is 0.760. The predicted octanol–water partition coefficient (Wildman–Crippen LogP) is 2.33. The molecule has 2 fully saturated rings. The van der Waals surface area contributed by atoms with E-state index in [1.54, 1.807) is 0 Å². The van der Waals surface area contributed by atoms with Crippen molar-refractivity contribution < 1.29 is 9.59 Å². The van der Waals surface area contributed by atoms with Gasteiger partial charge in [0.2, 0.25) is 11.8 Å². The van der Waals surface area contributed by atoms with Gasteiger partial charge in [0.1, 0.15) is 0 Å². The van der Waals surface area contributed by atoms with E-state index < -0.39 is 0 Å². The molecular formula is C16H28N2O2. The van der Waals surface area contributed by atoms with Gasteiger partial charge in [-0.3, -0.25) is 14.5 Å². The summed E-state index contributed by atoms with van der Waals surface area (Å²) in [6.45, 7) is 5.86. The molecule has 1 heterocycles. The average Bonchev–Trinajstić information content (AvgIpc) is 2.82. The molecule has 2 aliphatic rings. The number of nitrogens with zero attached hydrogens (tertiary/aromatic N) is 1. The fourth-order valence-corrected chi connectivity index (χ4v) is 3.55. The molecule has 20 heavy (non-hydrogen) atoms. The molecule has 2 amide bonds. The molecule has 1 aliphatic carbocycles. The summed E-state index contributed by atoms with van der Waals surface area (Å²) in [4.78, 5) is 25.4. The van der Waals surface area contributed by atoms with Crippen LogP contribution in [0, 0.1) is 11.8 Å². The minimum atomic E-state index is 0.0322. The van der Waals surface area contributed by atoms with Crippen molar-refractivity contribution in [2.75, 3.05) is 13.1 Å². The summed E-state index contributed by atoms with van der Waals surface area (Å²) in [5.74, 6) is 0.910. The zero-order valence-electron chi connectivity index (χ0n) is 12.9. The van der Waals surface area contributed by atoms with Crippen molar-refractivity contribution >= 4 is 11.8 Å². The number of amides is 2. The lowest BCUT2D eigenvalue weighted by Crippen LogP contribution is -2.44. The van der Waals surface area contributed by atoms with Crippen molar-refractivity contribution in [1.82, 2.24) is 10.2 Å². The Morgan fingerprint density at radius 3 is 2.55 bits per heavy atom. The van der Waals surface area contributed by atoms with Crippen LogP contribution in [0.5, 0.6) is 0 Å². The summed E-state index contributed by atoms with van der Waals surface area (Å²) in [7, 11) is 0. The second-order valence-corrected chi connectivity index (χ2v) is 6.49. The van der Waals surface area contributed by atoms with Crippen molar-refractivity contribution in [3.05, 3.63) is 0 Å². The second kappa shape index (κ2) is 7.21. The van der Waals surface area contributed by atoms with Crippen LogP contribution in [0.1, 0.15) is 58.8 Å². The topological polar surface area (TPSA) is 49.4 Å². The van der Waals surface area contributed by atoms with E-state index in [2.05, 4.69) is 12.2 Å². The maximum atomic E-state index is 12.0. The molecule has 114 valence electrons. The molecule has 0 bridgehead atoms. The SMILES string of the molecule is CCCNC1CCCC1CCN1C(=O)CC(C)CC1=O. The van der Waals surface area contributed by atoms with Crippen molar-refractivity contribution in [2.24, 2.45) is 11.8 Å². The lowest BCUT2D eigenvalue weighted by molar-refractivity contribution is -0.149. The van der Waals surface area contributed by atoms with Crippen LogP contribution in [0.25, 0.3) is 0 Å². The van der Waals surface area contributed by atoms with E-state index in [4.69, 9.17) is 0 Å². The van der Waals surface area contributed by atoms with Gasteiger partial charge in [0.25, 0.3) is 0 Å². The lowest BCUT2D eigenvalue weighted by Gasteiger charge is -2.30. The Balaban J connectivity index is 1.81. The maximum absolute atomic E-state index is 12.0. The van der Waals surface area contributed by atoms with E-state index in [1.165, 1.54) is 24.2 Å². The van der Waals surface area contributed by atoms with E-state index in [1.807, 2.05) is 6.92 Å². The average molecular weight is 280 g/mol. The minimum absolute atomic E-state index is 0.0322. The first-order valence-corrected chi connectivity index (χ1v) is 8.18. The highest BCUT2D eigenvalue weighted by Crippen LogP contribution is 2.29. The number of carbonyl (C=O) groups is 2. The molecule has 2 unspecified atom stereocenters. The molecule has 1 N–H and O–H groups in total. The predicted molar refractivity (Wildman–Crippen MR) is 79.2 cm³/mol. The lowest BCUT2D eigenvalue weighted by atomic mass is 9.95. The molecule has 4 nitrogen and oxygen atoms in total. The number of hydrogen-bond acceptors (Lipinski definition) is 3. The molecular weight excluding hydrogens is 252 g/mol. The molecule has 0 spiro atoms. The first-order chi connectivity index (χ1) is 9.61. The highest BCUT2D eigenvalue weighted by Gasteiger charge is 2.32. The van der Waals surface area contributed by atoms with Gasteiger partial charge in [0, 0.05) is 25.4 Å². The van der Waals surface area contributed by atoms with Gasteiger partial charge >= 0.3 is 0 Å². The Bertz CT molecular complexity index is 338. The van der Waals surface area contributed by atoms with Crippen molar-refractivity contribution in [3.8, 4) is 0 Å². The maximum Gasteiger partial charge on any atom is 0.229 e. The smallest absolute Gasteiger partial charge is 0.229 e. The summed E-state index contributed by atoms with van der Waals surface area (Å²) >= 11 is 0.